The number of hydrogen-bond donors (Lipinski definition) is 0. The molecule has 180 valence electrons. The van der Waals surface area contributed by atoms with E-state index in [4.69, 9.17) is 51.2 Å². The van der Waals surface area contributed by atoms with E-state index < -0.39 is 11.4 Å². The van der Waals surface area contributed by atoms with Gasteiger partial charge in [0.15, 0.2) is 0 Å². The van der Waals surface area contributed by atoms with Crippen LogP contribution < -0.4 is 0 Å². The minimum atomic E-state index is -2.49. The molecular weight excluding hydrogens is 514 g/mol. The lowest BCUT2D eigenvalue weighted by Gasteiger charge is -2.35. The van der Waals surface area contributed by atoms with Crippen molar-refractivity contribution in [3.8, 4) is 0 Å². The molecule has 0 aromatic heterocycles. The number of rotatable bonds is 12. The molecule has 0 bridgehead atoms. The van der Waals surface area contributed by atoms with Gasteiger partial charge in [-0.05, 0) is 81.0 Å². The summed E-state index contributed by atoms with van der Waals surface area (Å²) in [5, 5.41) is 0. The summed E-state index contributed by atoms with van der Waals surface area (Å²) in [5.74, 6) is 0. The van der Waals surface area contributed by atoms with Crippen LogP contribution in [-0.2, 0) is 51.2 Å². The zero-order valence-electron chi connectivity index (χ0n) is 18.8. The van der Waals surface area contributed by atoms with E-state index in [1.165, 1.54) is 28.3 Å². The Morgan fingerprint density at radius 3 is 1.39 bits per heavy atom. The zero-order valence-corrected chi connectivity index (χ0v) is 23.8. The maximum Gasteiger partial charge on any atom is 0.249 e. The third-order valence-corrected chi connectivity index (χ3v) is 14.5. The highest BCUT2D eigenvalue weighted by molar-refractivity contribution is 8.69. The highest BCUT2D eigenvalue weighted by Gasteiger charge is 2.38. The second-order valence-corrected chi connectivity index (χ2v) is 18.5. The maximum atomic E-state index is 5.86. The summed E-state index contributed by atoms with van der Waals surface area (Å²) in [4.78, 5) is 0. The lowest BCUT2D eigenvalue weighted by atomic mass is 10.2. The first kappa shape index (κ1) is 30.0. The van der Waals surface area contributed by atoms with Gasteiger partial charge in [0.2, 0.25) is 11.4 Å². The van der Waals surface area contributed by atoms with Crippen molar-refractivity contribution in [2.75, 3.05) is 39.6 Å². The van der Waals surface area contributed by atoms with E-state index in [0.29, 0.717) is 39.6 Å². The van der Waals surface area contributed by atoms with Crippen LogP contribution in [0.4, 0.5) is 0 Å². The van der Waals surface area contributed by atoms with Gasteiger partial charge in [0.05, 0.1) is 39.6 Å². The summed E-state index contributed by atoms with van der Waals surface area (Å²) in [5.41, 5.74) is -4.34. The second-order valence-electron chi connectivity index (χ2n) is 5.91. The van der Waals surface area contributed by atoms with Gasteiger partial charge in [-0.3, -0.25) is 0 Å². The smallest absolute Gasteiger partial charge is 0.249 e. The molecule has 1 aliphatic heterocycles. The topological polar surface area (TPSA) is 55.4 Å². The minimum Gasteiger partial charge on any atom is -0.361 e. The lowest BCUT2D eigenvalue weighted by Crippen LogP contribution is -2.34. The molecule has 2 unspecified atom stereocenters. The van der Waals surface area contributed by atoms with Gasteiger partial charge < -0.3 is 27.6 Å². The second kappa shape index (κ2) is 16.6. The number of benzene rings is 1. The molecule has 0 spiro atoms. The summed E-state index contributed by atoms with van der Waals surface area (Å²) in [7, 11) is 0. The van der Waals surface area contributed by atoms with E-state index in [1.807, 2.05) is 45.9 Å². The van der Waals surface area contributed by atoms with Crippen LogP contribution in [-0.4, -0.2) is 50.5 Å². The average molecular weight is 549 g/mol. The molecule has 2 atom stereocenters. The molecule has 0 amide bonds. The van der Waals surface area contributed by atoms with E-state index in [1.54, 1.807) is 0 Å². The highest BCUT2D eigenvalue weighted by Crippen LogP contribution is 2.68. The molecule has 0 N–H and O–H groups in total. The summed E-state index contributed by atoms with van der Waals surface area (Å²) < 4.78 is 34.5. The molecule has 1 fully saturated rings. The molecule has 31 heavy (non-hydrogen) atoms. The summed E-state index contributed by atoms with van der Waals surface area (Å²) >= 11 is 13.9. The molecule has 0 radical (unpaired) electrons. The van der Waals surface area contributed by atoms with Crippen LogP contribution >= 0.6 is 34.2 Å². The Hall–Kier alpha value is 0.980. The molecule has 6 nitrogen and oxygen atoms in total. The molecule has 0 aliphatic carbocycles. The zero-order chi connectivity index (χ0) is 23.2. The molecule has 12 heteroatoms. The van der Waals surface area contributed by atoms with Crippen LogP contribution in [0.25, 0.3) is 0 Å². The predicted molar refractivity (Wildman–Crippen MR) is 141 cm³/mol. The SMILES string of the molecule is CCOP(=S)(OCC)SC1OCCOC1SP(=S)(OCC)OCC.Cc1ccccc1. The van der Waals surface area contributed by atoms with Crippen molar-refractivity contribution in [2.45, 2.75) is 45.5 Å². The maximum absolute atomic E-state index is 5.86. The van der Waals surface area contributed by atoms with E-state index >= 15 is 0 Å². The fourth-order valence-corrected chi connectivity index (χ4v) is 13.3. The van der Waals surface area contributed by atoms with E-state index in [0.717, 1.165) is 0 Å². The Bertz CT molecular complexity index is 637. The Balaban J connectivity index is 0.000000577. The number of aryl methyl sites for hydroxylation is 1. The van der Waals surface area contributed by atoms with Crippen LogP contribution in [0.3, 0.4) is 0 Å². The van der Waals surface area contributed by atoms with Gasteiger partial charge in [-0.1, -0.05) is 35.9 Å². The van der Waals surface area contributed by atoms with Crippen molar-refractivity contribution in [1.82, 2.24) is 0 Å². The molecule has 1 aromatic carbocycles. The van der Waals surface area contributed by atoms with Gasteiger partial charge in [0, 0.05) is 0 Å². The fraction of sp³-hybridized carbons (Fsp3) is 0.684. The Morgan fingerprint density at radius 2 is 1.13 bits per heavy atom. The summed E-state index contributed by atoms with van der Waals surface area (Å²) in [6.07, 6.45) is 0. The van der Waals surface area contributed by atoms with Crippen molar-refractivity contribution >= 4 is 57.8 Å². The monoisotopic (exact) mass is 548 g/mol. The van der Waals surface area contributed by atoms with Crippen LogP contribution in [0, 0.1) is 6.92 Å². The van der Waals surface area contributed by atoms with Gasteiger partial charge in [-0.2, -0.15) is 0 Å². The van der Waals surface area contributed by atoms with Crippen LogP contribution in [0.5, 0.6) is 0 Å². The Kier molecular flexibility index (Phi) is 16.1. The number of ether oxygens (including phenoxy) is 2. The summed E-state index contributed by atoms with van der Waals surface area (Å²) in [6.45, 7) is 12.6. The highest BCUT2D eigenvalue weighted by atomic mass is 32.9. The van der Waals surface area contributed by atoms with Gasteiger partial charge in [0.1, 0.15) is 10.9 Å². The van der Waals surface area contributed by atoms with E-state index in [-0.39, 0.29) is 10.9 Å². The fourth-order valence-electron chi connectivity index (χ4n) is 2.26. The van der Waals surface area contributed by atoms with Crippen molar-refractivity contribution < 1.29 is 27.6 Å². The van der Waals surface area contributed by atoms with E-state index in [2.05, 4.69) is 19.1 Å². The molecule has 2 rings (SSSR count). The largest absolute Gasteiger partial charge is 0.361 e. The molecular formula is C19H34O6P2S4. The normalized spacial score (nSPS) is 19.5. The Labute approximate surface area is 205 Å². The molecule has 1 aromatic rings. The Morgan fingerprint density at radius 1 is 0.774 bits per heavy atom. The predicted octanol–water partition coefficient (Wildman–Crippen LogP) is 6.74. The first-order valence-corrected chi connectivity index (χ1v) is 18.5. The van der Waals surface area contributed by atoms with Crippen LogP contribution in [0.2, 0.25) is 0 Å². The third kappa shape index (κ3) is 12.3. The quantitative estimate of drug-likeness (QED) is 0.262. The summed E-state index contributed by atoms with van der Waals surface area (Å²) in [6, 6.07) is 10.3. The van der Waals surface area contributed by atoms with Gasteiger partial charge in [0.25, 0.3) is 0 Å². The van der Waals surface area contributed by atoms with Gasteiger partial charge in [-0.25, -0.2) is 0 Å². The average Bonchev–Trinajstić information content (AvgIpc) is 2.71. The minimum absolute atomic E-state index is 0.337. The van der Waals surface area contributed by atoms with Crippen LogP contribution in [0.15, 0.2) is 30.3 Å². The van der Waals surface area contributed by atoms with Crippen molar-refractivity contribution in [3.63, 3.8) is 0 Å². The molecule has 1 saturated heterocycles. The lowest BCUT2D eigenvalue weighted by molar-refractivity contribution is -0.0654. The van der Waals surface area contributed by atoms with Crippen molar-refractivity contribution in [1.29, 1.82) is 0 Å². The molecule has 1 aliphatic rings. The van der Waals surface area contributed by atoms with Crippen molar-refractivity contribution in [3.05, 3.63) is 35.9 Å². The molecule has 1 heterocycles. The first-order valence-electron chi connectivity index (χ1n) is 10.2. The molecule has 0 saturated carbocycles. The van der Waals surface area contributed by atoms with Crippen LogP contribution in [0.1, 0.15) is 33.3 Å². The van der Waals surface area contributed by atoms with Gasteiger partial charge >= 0.3 is 0 Å². The number of hydrogen-bond acceptors (Lipinski definition) is 10. The van der Waals surface area contributed by atoms with E-state index in [9.17, 15) is 0 Å². The standard InChI is InChI=1S/C12H26O6P2S4.C7H8/c1-5-15-19(21,16-6-2)23-11-12(14-10-9-13-11)24-20(22,17-7-3)18-8-4;1-7-5-3-2-4-6-7/h11-12H,5-10H2,1-4H3;2-6H,1H3. The first-order chi connectivity index (χ1) is 14.8. The van der Waals surface area contributed by atoms with Gasteiger partial charge in [-0.15, -0.1) is 0 Å². The van der Waals surface area contributed by atoms with Crippen molar-refractivity contribution in [2.24, 2.45) is 0 Å². The third-order valence-electron chi connectivity index (χ3n) is 3.43.